The summed E-state index contributed by atoms with van der Waals surface area (Å²) in [5.74, 6) is 0.520. The number of anilines is 1. The minimum Gasteiger partial charge on any atom is -0.494 e. The Morgan fingerprint density at radius 3 is 2.87 bits per heavy atom. The van der Waals surface area contributed by atoms with E-state index in [1.165, 1.54) is 7.11 Å². The highest BCUT2D eigenvalue weighted by Crippen LogP contribution is 2.34. The third kappa shape index (κ3) is 2.89. The van der Waals surface area contributed by atoms with Crippen LogP contribution in [-0.2, 0) is 20.0 Å². The molecule has 0 atom stereocenters. The lowest BCUT2D eigenvalue weighted by atomic mass is 10.1. The van der Waals surface area contributed by atoms with Gasteiger partial charge in [0.1, 0.15) is 11.4 Å². The predicted octanol–water partition coefficient (Wildman–Crippen LogP) is 2.63. The number of hydrogen-bond acceptors (Lipinski definition) is 4. The summed E-state index contributed by atoms with van der Waals surface area (Å²) in [6, 6.07) is 3.16. The van der Waals surface area contributed by atoms with E-state index in [0.717, 1.165) is 24.2 Å². The second-order valence-electron chi connectivity index (χ2n) is 5.22. The van der Waals surface area contributed by atoms with Crippen molar-refractivity contribution in [2.45, 2.75) is 13.0 Å². The van der Waals surface area contributed by atoms with Crippen LogP contribution in [-0.4, -0.2) is 29.3 Å². The third-order valence-electron chi connectivity index (χ3n) is 3.79. The van der Waals surface area contributed by atoms with E-state index in [1.54, 1.807) is 23.9 Å². The molecule has 0 radical (unpaired) electrons. The zero-order valence-electron chi connectivity index (χ0n) is 12.7. The zero-order chi connectivity index (χ0) is 16.6. The number of rotatable bonds is 3. The van der Waals surface area contributed by atoms with Gasteiger partial charge in [0.2, 0.25) is 0 Å². The van der Waals surface area contributed by atoms with Crippen LogP contribution in [0.15, 0.2) is 12.1 Å². The molecule has 0 spiro atoms. The Morgan fingerprint density at radius 2 is 2.13 bits per heavy atom. The van der Waals surface area contributed by atoms with Crippen molar-refractivity contribution < 1.29 is 9.53 Å². The van der Waals surface area contributed by atoms with Crippen molar-refractivity contribution in [1.29, 1.82) is 0 Å². The van der Waals surface area contributed by atoms with Crippen LogP contribution in [0.2, 0.25) is 10.0 Å². The summed E-state index contributed by atoms with van der Waals surface area (Å²) in [4.78, 5) is 12.7. The van der Waals surface area contributed by atoms with E-state index < -0.39 is 0 Å². The molecule has 8 heteroatoms. The fourth-order valence-corrected chi connectivity index (χ4v) is 3.17. The number of carbonyl (C=O) groups excluding carboxylic acids is 1. The first-order valence-corrected chi connectivity index (χ1v) is 7.87. The number of methoxy groups -OCH3 is 1. The Hall–Kier alpha value is -1.76. The summed E-state index contributed by atoms with van der Waals surface area (Å²) in [5.41, 5.74) is 2.19. The van der Waals surface area contributed by atoms with E-state index in [1.807, 2.05) is 0 Å². The molecule has 0 bridgehead atoms. The molecule has 0 unspecified atom stereocenters. The minimum atomic E-state index is -0.384. The molecule has 23 heavy (non-hydrogen) atoms. The van der Waals surface area contributed by atoms with E-state index in [0.29, 0.717) is 17.4 Å². The summed E-state index contributed by atoms with van der Waals surface area (Å²) >= 11 is 12.2. The fourth-order valence-electron chi connectivity index (χ4n) is 2.70. The Bertz CT molecular complexity index is 773. The number of aryl methyl sites for hydroxylation is 1. The highest BCUT2D eigenvalue weighted by Gasteiger charge is 2.24. The standard InChI is InChI=1S/C15H16Cl2N4O2/c1-21-14(8-7-18-6-5-11(8)20-21)19-15(22)12-9(16)3-4-10(17)13(12)23-2/h3-4,18H,5-7H2,1-2H3,(H,19,22). The van der Waals surface area contributed by atoms with Crippen LogP contribution in [0.5, 0.6) is 5.75 Å². The van der Waals surface area contributed by atoms with E-state index in [9.17, 15) is 4.79 Å². The molecule has 2 N–H and O–H groups in total. The van der Waals surface area contributed by atoms with Gasteiger partial charge < -0.3 is 15.4 Å². The summed E-state index contributed by atoms with van der Waals surface area (Å²) in [6.45, 7) is 1.55. The van der Waals surface area contributed by atoms with E-state index >= 15 is 0 Å². The van der Waals surface area contributed by atoms with E-state index in [2.05, 4.69) is 15.7 Å². The van der Waals surface area contributed by atoms with E-state index in [-0.39, 0.29) is 22.2 Å². The normalized spacial score (nSPS) is 13.6. The molecule has 1 aromatic heterocycles. The molecule has 1 aromatic carbocycles. The number of carbonyl (C=O) groups is 1. The first kappa shape index (κ1) is 16.1. The average molecular weight is 355 g/mol. The van der Waals surface area contributed by atoms with Crippen molar-refractivity contribution in [3.05, 3.63) is 39.0 Å². The van der Waals surface area contributed by atoms with Gasteiger partial charge >= 0.3 is 0 Å². The van der Waals surface area contributed by atoms with Gasteiger partial charge in [-0.25, -0.2) is 0 Å². The Morgan fingerprint density at radius 1 is 1.39 bits per heavy atom. The van der Waals surface area contributed by atoms with Gasteiger partial charge in [0.15, 0.2) is 5.75 Å². The largest absolute Gasteiger partial charge is 0.494 e. The van der Waals surface area contributed by atoms with Crippen molar-refractivity contribution in [2.24, 2.45) is 7.05 Å². The van der Waals surface area contributed by atoms with Crippen molar-refractivity contribution >= 4 is 34.9 Å². The van der Waals surface area contributed by atoms with Gasteiger partial charge in [-0.1, -0.05) is 23.2 Å². The van der Waals surface area contributed by atoms with Crippen LogP contribution >= 0.6 is 23.2 Å². The van der Waals surface area contributed by atoms with Gasteiger partial charge in [-0.05, 0) is 12.1 Å². The van der Waals surface area contributed by atoms with Crippen molar-refractivity contribution in [3.63, 3.8) is 0 Å². The molecule has 1 amide bonds. The Kier molecular flexibility index (Phi) is 4.48. The first-order chi connectivity index (χ1) is 11.0. The molecular weight excluding hydrogens is 339 g/mol. The summed E-state index contributed by atoms with van der Waals surface area (Å²) in [6.07, 6.45) is 0.834. The predicted molar refractivity (Wildman–Crippen MR) is 89.6 cm³/mol. The number of fused-ring (bicyclic) bond motifs is 1. The molecule has 1 aliphatic rings. The van der Waals surface area contributed by atoms with Gasteiger partial charge in [-0.2, -0.15) is 5.10 Å². The number of amides is 1. The van der Waals surface area contributed by atoms with Crippen molar-refractivity contribution in [1.82, 2.24) is 15.1 Å². The smallest absolute Gasteiger partial charge is 0.262 e. The number of ether oxygens (including phenoxy) is 1. The average Bonchev–Trinajstić information content (AvgIpc) is 2.85. The second-order valence-corrected chi connectivity index (χ2v) is 6.03. The summed E-state index contributed by atoms with van der Waals surface area (Å²) in [5, 5.41) is 11.2. The van der Waals surface area contributed by atoms with Crippen LogP contribution in [0, 0.1) is 0 Å². The quantitative estimate of drug-likeness (QED) is 0.888. The number of nitrogens with zero attached hydrogens (tertiary/aromatic N) is 2. The van der Waals surface area contributed by atoms with Crippen molar-refractivity contribution in [2.75, 3.05) is 19.0 Å². The molecule has 0 saturated heterocycles. The monoisotopic (exact) mass is 354 g/mol. The van der Waals surface area contributed by atoms with Gasteiger partial charge in [-0.15, -0.1) is 0 Å². The topological polar surface area (TPSA) is 68.2 Å². The molecule has 1 aliphatic heterocycles. The number of benzene rings is 1. The molecule has 2 aromatic rings. The molecular formula is C15H16Cl2N4O2. The molecule has 0 fully saturated rings. The number of nitrogens with one attached hydrogen (secondary N) is 2. The zero-order valence-corrected chi connectivity index (χ0v) is 14.3. The Labute approximate surface area is 143 Å². The van der Waals surface area contributed by atoms with E-state index in [4.69, 9.17) is 27.9 Å². The van der Waals surface area contributed by atoms with Crippen LogP contribution in [0.3, 0.4) is 0 Å². The lowest BCUT2D eigenvalue weighted by molar-refractivity contribution is 0.102. The maximum atomic E-state index is 12.7. The fraction of sp³-hybridized carbons (Fsp3) is 0.333. The molecule has 122 valence electrons. The third-order valence-corrected chi connectivity index (χ3v) is 4.40. The molecule has 0 saturated carbocycles. The SMILES string of the molecule is COc1c(Cl)ccc(Cl)c1C(=O)Nc1c2c(nn1C)CCNC2. The van der Waals surface area contributed by atoms with Crippen LogP contribution in [0.25, 0.3) is 0 Å². The highest BCUT2D eigenvalue weighted by molar-refractivity contribution is 6.37. The Balaban J connectivity index is 1.98. The van der Waals surface area contributed by atoms with Gasteiger partial charge in [0.05, 0.1) is 22.8 Å². The van der Waals surface area contributed by atoms with Crippen molar-refractivity contribution in [3.8, 4) is 5.75 Å². The molecule has 2 heterocycles. The van der Waals surface area contributed by atoms with Gasteiger partial charge in [0.25, 0.3) is 5.91 Å². The minimum absolute atomic E-state index is 0.209. The first-order valence-electron chi connectivity index (χ1n) is 7.11. The lowest BCUT2D eigenvalue weighted by Gasteiger charge is -2.15. The molecule has 6 nitrogen and oxygen atoms in total. The van der Waals surface area contributed by atoms with Gasteiger partial charge in [-0.3, -0.25) is 9.48 Å². The molecule has 3 rings (SSSR count). The summed E-state index contributed by atoms with van der Waals surface area (Å²) < 4.78 is 6.90. The van der Waals surface area contributed by atoms with Gasteiger partial charge in [0, 0.05) is 32.1 Å². The maximum Gasteiger partial charge on any atom is 0.262 e. The molecule has 0 aliphatic carbocycles. The summed E-state index contributed by atoms with van der Waals surface area (Å²) in [7, 11) is 3.24. The maximum absolute atomic E-state index is 12.7. The second kappa shape index (κ2) is 6.39. The number of halogens is 2. The van der Waals surface area contributed by atoms with Crippen LogP contribution in [0.1, 0.15) is 21.6 Å². The lowest BCUT2D eigenvalue weighted by Crippen LogP contribution is -2.24. The van der Waals surface area contributed by atoms with Crippen LogP contribution in [0.4, 0.5) is 5.82 Å². The number of aromatic nitrogens is 2. The number of hydrogen-bond donors (Lipinski definition) is 2. The van der Waals surface area contributed by atoms with Crippen LogP contribution < -0.4 is 15.4 Å². The highest BCUT2D eigenvalue weighted by atomic mass is 35.5.